The van der Waals surface area contributed by atoms with Gasteiger partial charge in [0.2, 0.25) is 0 Å². The SMILES string of the molecule is CCS(=O)CCNCc1cn[nH]c1-c1ccccc1. The van der Waals surface area contributed by atoms with Crippen LogP contribution in [0.3, 0.4) is 0 Å². The monoisotopic (exact) mass is 277 g/mol. The second kappa shape index (κ2) is 7.21. The maximum atomic E-state index is 11.3. The first-order chi connectivity index (χ1) is 9.31. The largest absolute Gasteiger partial charge is 0.312 e. The lowest BCUT2D eigenvalue weighted by molar-refractivity contribution is 0.674. The van der Waals surface area contributed by atoms with Gasteiger partial charge in [-0.25, -0.2) is 0 Å². The molecule has 5 heteroatoms. The lowest BCUT2D eigenvalue weighted by Gasteiger charge is -2.05. The number of nitrogens with zero attached hydrogens (tertiary/aromatic N) is 1. The molecule has 0 aliphatic rings. The number of hydrogen-bond acceptors (Lipinski definition) is 3. The van der Waals surface area contributed by atoms with Crippen molar-refractivity contribution in [1.29, 1.82) is 0 Å². The maximum absolute atomic E-state index is 11.3. The van der Waals surface area contributed by atoms with Crippen LogP contribution in [0.15, 0.2) is 36.5 Å². The van der Waals surface area contributed by atoms with Gasteiger partial charge in [0.25, 0.3) is 0 Å². The first-order valence-electron chi connectivity index (χ1n) is 6.44. The molecule has 0 saturated carbocycles. The molecule has 1 aromatic carbocycles. The van der Waals surface area contributed by atoms with Gasteiger partial charge in [0.1, 0.15) is 0 Å². The van der Waals surface area contributed by atoms with Gasteiger partial charge in [-0.05, 0) is 5.56 Å². The second-order valence-corrected chi connectivity index (χ2v) is 6.11. The predicted molar refractivity (Wildman–Crippen MR) is 79.3 cm³/mol. The molecule has 1 atom stereocenters. The number of aromatic amines is 1. The standard InChI is InChI=1S/C14H19N3OS/c1-2-19(18)9-8-15-10-13-11-16-17-14(13)12-6-4-3-5-7-12/h3-7,11,15H,2,8-10H2,1H3,(H,16,17). The smallest absolute Gasteiger partial charge is 0.0695 e. The van der Waals surface area contributed by atoms with Gasteiger partial charge in [-0.2, -0.15) is 5.10 Å². The Kier molecular flexibility index (Phi) is 5.30. The first-order valence-corrected chi connectivity index (χ1v) is 7.93. The number of aromatic nitrogens is 2. The zero-order chi connectivity index (χ0) is 13.5. The highest BCUT2D eigenvalue weighted by Gasteiger charge is 2.06. The van der Waals surface area contributed by atoms with E-state index in [0.717, 1.165) is 35.7 Å². The van der Waals surface area contributed by atoms with Crippen LogP contribution in [0.25, 0.3) is 11.3 Å². The van der Waals surface area contributed by atoms with Crippen LogP contribution in [0.1, 0.15) is 12.5 Å². The zero-order valence-corrected chi connectivity index (χ0v) is 11.9. The Hall–Kier alpha value is -1.46. The molecule has 2 rings (SSSR count). The molecule has 1 unspecified atom stereocenters. The number of rotatable bonds is 7. The van der Waals surface area contributed by atoms with E-state index in [1.54, 1.807) is 0 Å². The molecule has 2 aromatic rings. The molecule has 0 fully saturated rings. The van der Waals surface area contributed by atoms with Crippen LogP contribution in [-0.4, -0.2) is 32.5 Å². The Morgan fingerprint density at radius 2 is 2.11 bits per heavy atom. The molecule has 0 radical (unpaired) electrons. The molecule has 1 aromatic heterocycles. The second-order valence-electron chi connectivity index (χ2n) is 4.25. The van der Waals surface area contributed by atoms with E-state index in [1.165, 1.54) is 0 Å². The molecule has 0 spiro atoms. The van der Waals surface area contributed by atoms with Gasteiger partial charge in [-0.3, -0.25) is 9.31 Å². The first kappa shape index (κ1) is 14.0. The minimum absolute atomic E-state index is 0.703. The molecular weight excluding hydrogens is 258 g/mol. The van der Waals surface area contributed by atoms with Crippen molar-refractivity contribution in [3.63, 3.8) is 0 Å². The highest BCUT2D eigenvalue weighted by Crippen LogP contribution is 2.20. The molecule has 2 N–H and O–H groups in total. The predicted octanol–water partition coefficient (Wildman–Crippen LogP) is 1.93. The zero-order valence-electron chi connectivity index (χ0n) is 11.1. The van der Waals surface area contributed by atoms with Gasteiger partial charge in [0.15, 0.2) is 0 Å². The van der Waals surface area contributed by atoms with E-state index in [9.17, 15) is 4.21 Å². The normalized spacial score (nSPS) is 12.5. The fourth-order valence-corrected chi connectivity index (χ4v) is 2.51. The molecule has 19 heavy (non-hydrogen) atoms. The molecule has 0 saturated heterocycles. The Morgan fingerprint density at radius 3 is 2.84 bits per heavy atom. The van der Waals surface area contributed by atoms with Gasteiger partial charge in [-0.15, -0.1) is 0 Å². The van der Waals surface area contributed by atoms with Crippen molar-refractivity contribution in [3.05, 3.63) is 42.1 Å². The summed E-state index contributed by atoms with van der Waals surface area (Å²) in [5, 5.41) is 10.4. The third-order valence-corrected chi connectivity index (χ3v) is 4.23. The van der Waals surface area contributed by atoms with Crippen LogP contribution in [0.4, 0.5) is 0 Å². The minimum Gasteiger partial charge on any atom is -0.312 e. The van der Waals surface area contributed by atoms with E-state index in [4.69, 9.17) is 0 Å². The molecule has 0 aliphatic heterocycles. The average molecular weight is 277 g/mol. The van der Waals surface area contributed by atoms with E-state index in [-0.39, 0.29) is 0 Å². The van der Waals surface area contributed by atoms with Gasteiger partial charge in [0.05, 0.1) is 11.9 Å². The van der Waals surface area contributed by atoms with Crippen LogP contribution < -0.4 is 5.32 Å². The molecule has 0 bridgehead atoms. The van der Waals surface area contributed by atoms with Crippen molar-refractivity contribution in [2.45, 2.75) is 13.5 Å². The Labute approximate surface area is 116 Å². The average Bonchev–Trinajstić information content (AvgIpc) is 2.92. The molecule has 1 heterocycles. The lowest BCUT2D eigenvalue weighted by Crippen LogP contribution is -2.20. The maximum Gasteiger partial charge on any atom is 0.0695 e. The van der Waals surface area contributed by atoms with E-state index in [2.05, 4.69) is 27.6 Å². The third-order valence-electron chi connectivity index (χ3n) is 2.92. The highest BCUT2D eigenvalue weighted by atomic mass is 32.2. The molecule has 4 nitrogen and oxygen atoms in total. The van der Waals surface area contributed by atoms with E-state index in [0.29, 0.717) is 5.75 Å². The van der Waals surface area contributed by atoms with Crippen molar-refractivity contribution >= 4 is 10.8 Å². The molecule has 102 valence electrons. The van der Waals surface area contributed by atoms with Gasteiger partial charge >= 0.3 is 0 Å². The molecule has 0 aliphatic carbocycles. The van der Waals surface area contributed by atoms with Crippen LogP contribution >= 0.6 is 0 Å². The quantitative estimate of drug-likeness (QED) is 0.760. The summed E-state index contributed by atoms with van der Waals surface area (Å²) in [7, 11) is -0.703. The third kappa shape index (κ3) is 4.01. The fraction of sp³-hybridized carbons (Fsp3) is 0.357. The summed E-state index contributed by atoms with van der Waals surface area (Å²) in [6, 6.07) is 10.1. The Morgan fingerprint density at radius 1 is 1.32 bits per heavy atom. The van der Waals surface area contributed by atoms with E-state index < -0.39 is 10.8 Å². The Balaban J connectivity index is 1.92. The summed E-state index contributed by atoms with van der Waals surface area (Å²) in [5.74, 6) is 1.43. The number of nitrogens with one attached hydrogen (secondary N) is 2. The molecular formula is C14H19N3OS. The summed E-state index contributed by atoms with van der Waals surface area (Å²) in [4.78, 5) is 0. The summed E-state index contributed by atoms with van der Waals surface area (Å²) in [5.41, 5.74) is 3.31. The summed E-state index contributed by atoms with van der Waals surface area (Å²) in [6.07, 6.45) is 1.84. The van der Waals surface area contributed by atoms with Gasteiger partial charge in [-0.1, -0.05) is 37.3 Å². The number of H-pyrrole nitrogens is 1. The summed E-state index contributed by atoms with van der Waals surface area (Å²) >= 11 is 0. The van der Waals surface area contributed by atoms with E-state index in [1.807, 2.05) is 31.3 Å². The summed E-state index contributed by atoms with van der Waals surface area (Å²) in [6.45, 7) is 3.45. The van der Waals surface area contributed by atoms with Crippen LogP contribution in [0.5, 0.6) is 0 Å². The van der Waals surface area contributed by atoms with Crippen molar-refractivity contribution in [1.82, 2.24) is 15.5 Å². The minimum atomic E-state index is -0.703. The lowest BCUT2D eigenvalue weighted by atomic mass is 10.1. The van der Waals surface area contributed by atoms with Gasteiger partial charge < -0.3 is 5.32 Å². The molecule has 0 amide bonds. The van der Waals surface area contributed by atoms with Crippen molar-refractivity contribution in [2.75, 3.05) is 18.1 Å². The van der Waals surface area contributed by atoms with Crippen molar-refractivity contribution < 1.29 is 4.21 Å². The topological polar surface area (TPSA) is 57.8 Å². The van der Waals surface area contributed by atoms with Crippen LogP contribution in [0, 0.1) is 0 Å². The van der Waals surface area contributed by atoms with Crippen LogP contribution in [-0.2, 0) is 17.3 Å². The fourth-order valence-electron chi connectivity index (χ4n) is 1.85. The highest BCUT2D eigenvalue weighted by molar-refractivity contribution is 7.84. The Bertz CT molecular complexity index is 524. The van der Waals surface area contributed by atoms with E-state index >= 15 is 0 Å². The number of benzene rings is 1. The number of hydrogen-bond donors (Lipinski definition) is 2. The van der Waals surface area contributed by atoms with Crippen molar-refractivity contribution in [3.8, 4) is 11.3 Å². The summed E-state index contributed by atoms with van der Waals surface area (Å²) < 4.78 is 11.3. The van der Waals surface area contributed by atoms with Gasteiger partial charge in [0, 0.05) is 41.0 Å². The van der Waals surface area contributed by atoms with Crippen molar-refractivity contribution in [2.24, 2.45) is 0 Å². The van der Waals surface area contributed by atoms with Crippen LogP contribution in [0.2, 0.25) is 0 Å².